The number of nitrogen functional groups attached to an aromatic ring is 1. The highest BCUT2D eigenvalue weighted by Gasteiger charge is 2.15. The van der Waals surface area contributed by atoms with Gasteiger partial charge in [0.2, 0.25) is 0 Å². The molecule has 0 fully saturated rings. The molecule has 3 heterocycles. The summed E-state index contributed by atoms with van der Waals surface area (Å²) in [5, 5.41) is 0. The number of halogens is 2. The van der Waals surface area contributed by atoms with E-state index in [0.29, 0.717) is 27.6 Å². The van der Waals surface area contributed by atoms with Gasteiger partial charge in [0, 0.05) is 6.20 Å². The van der Waals surface area contributed by atoms with Crippen molar-refractivity contribution in [3.05, 3.63) is 21.6 Å². The third kappa shape index (κ3) is 1.73. The molecule has 17 heavy (non-hydrogen) atoms. The molecule has 4 N–H and O–H groups in total. The molecule has 0 aliphatic carbocycles. The van der Waals surface area contributed by atoms with Gasteiger partial charge in [0.25, 0.3) is 0 Å². The maximum atomic E-state index is 5.64. The maximum Gasteiger partial charge on any atom is 0.198 e. The number of hydrogen-bond acceptors (Lipinski definition) is 4. The highest BCUT2D eigenvalue weighted by Crippen LogP contribution is 2.30. The van der Waals surface area contributed by atoms with Gasteiger partial charge in [-0.1, -0.05) is 0 Å². The standard InChI is InChI=1S/C9H6Br2N6/c10-7-6(15-8(11)17-7)5-4-3(1-2-13-5)14-9(12)16-4/h1-2H,(H,15,17)(H3,12,14,16). The van der Waals surface area contributed by atoms with Crippen molar-refractivity contribution in [3.8, 4) is 11.4 Å². The lowest BCUT2D eigenvalue weighted by Crippen LogP contribution is -1.87. The molecular formula is C9H6Br2N6. The van der Waals surface area contributed by atoms with Gasteiger partial charge < -0.3 is 15.7 Å². The third-order valence-corrected chi connectivity index (χ3v) is 3.22. The lowest BCUT2D eigenvalue weighted by molar-refractivity contribution is 1.22. The van der Waals surface area contributed by atoms with Crippen LogP contribution in [0, 0.1) is 0 Å². The SMILES string of the molecule is Nc1nc2c(-c3nc(Br)[nH]c3Br)nccc2[nH]1. The van der Waals surface area contributed by atoms with E-state index >= 15 is 0 Å². The molecule has 8 heteroatoms. The summed E-state index contributed by atoms with van der Waals surface area (Å²) in [7, 11) is 0. The van der Waals surface area contributed by atoms with E-state index in [0.717, 1.165) is 10.1 Å². The Morgan fingerprint density at radius 2 is 1.94 bits per heavy atom. The fourth-order valence-corrected chi connectivity index (χ4v) is 2.72. The van der Waals surface area contributed by atoms with Crippen molar-refractivity contribution < 1.29 is 0 Å². The van der Waals surface area contributed by atoms with Crippen molar-refractivity contribution >= 4 is 48.8 Å². The molecule has 0 saturated carbocycles. The van der Waals surface area contributed by atoms with Gasteiger partial charge in [-0.2, -0.15) is 0 Å². The quantitative estimate of drug-likeness (QED) is 0.623. The van der Waals surface area contributed by atoms with E-state index in [2.05, 4.69) is 56.8 Å². The molecule has 86 valence electrons. The molecule has 3 aromatic rings. The van der Waals surface area contributed by atoms with Crippen LogP contribution in [0.2, 0.25) is 0 Å². The van der Waals surface area contributed by atoms with Crippen molar-refractivity contribution in [3.63, 3.8) is 0 Å². The number of pyridine rings is 1. The second kappa shape index (κ2) is 3.81. The van der Waals surface area contributed by atoms with Crippen LogP contribution < -0.4 is 5.73 Å². The summed E-state index contributed by atoms with van der Waals surface area (Å²) in [6.45, 7) is 0. The zero-order valence-electron chi connectivity index (χ0n) is 8.33. The van der Waals surface area contributed by atoms with E-state index < -0.39 is 0 Å². The Bertz CT molecular complexity index is 701. The molecule has 0 radical (unpaired) electrons. The lowest BCUT2D eigenvalue weighted by Gasteiger charge is -1.97. The molecule has 0 saturated heterocycles. The number of fused-ring (bicyclic) bond motifs is 1. The molecule has 3 rings (SSSR count). The molecule has 0 amide bonds. The van der Waals surface area contributed by atoms with Crippen molar-refractivity contribution in [2.75, 3.05) is 5.73 Å². The number of nitrogens with zero attached hydrogens (tertiary/aromatic N) is 3. The average Bonchev–Trinajstić information content (AvgIpc) is 2.79. The molecule has 0 aliphatic heterocycles. The topological polar surface area (TPSA) is 96.3 Å². The molecule has 0 aromatic carbocycles. The first-order valence-electron chi connectivity index (χ1n) is 4.66. The minimum absolute atomic E-state index is 0.361. The van der Waals surface area contributed by atoms with Crippen LogP contribution in [0.4, 0.5) is 5.95 Å². The molecule has 0 bridgehead atoms. The number of rotatable bonds is 1. The predicted molar refractivity (Wildman–Crippen MR) is 71.3 cm³/mol. The monoisotopic (exact) mass is 356 g/mol. The van der Waals surface area contributed by atoms with Crippen LogP contribution in [0.3, 0.4) is 0 Å². The Balaban J connectivity index is 2.33. The Morgan fingerprint density at radius 1 is 1.12 bits per heavy atom. The van der Waals surface area contributed by atoms with Gasteiger partial charge in [0.1, 0.15) is 21.5 Å². The first-order chi connectivity index (χ1) is 8.15. The normalized spacial score (nSPS) is 11.2. The third-order valence-electron chi connectivity index (χ3n) is 2.27. The molecule has 0 spiro atoms. The number of aromatic amines is 2. The van der Waals surface area contributed by atoms with Crippen LogP contribution in [-0.2, 0) is 0 Å². The fraction of sp³-hybridized carbons (Fsp3) is 0. The Kier molecular flexibility index (Phi) is 2.40. The number of anilines is 1. The van der Waals surface area contributed by atoms with E-state index in [9.17, 15) is 0 Å². The van der Waals surface area contributed by atoms with Gasteiger partial charge in [-0.3, -0.25) is 4.98 Å². The molecule has 3 aromatic heterocycles. The molecule has 0 atom stereocenters. The van der Waals surface area contributed by atoms with E-state index in [1.165, 1.54) is 0 Å². The highest BCUT2D eigenvalue weighted by molar-refractivity contribution is 9.11. The van der Waals surface area contributed by atoms with Crippen LogP contribution in [0.1, 0.15) is 0 Å². The summed E-state index contributed by atoms with van der Waals surface area (Å²) in [5.74, 6) is 0.361. The van der Waals surface area contributed by atoms with E-state index in [-0.39, 0.29) is 0 Å². The van der Waals surface area contributed by atoms with Crippen LogP contribution in [-0.4, -0.2) is 24.9 Å². The highest BCUT2D eigenvalue weighted by atomic mass is 79.9. The number of hydrogen-bond donors (Lipinski definition) is 3. The summed E-state index contributed by atoms with van der Waals surface area (Å²) in [5.41, 5.74) is 8.53. The van der Waals surface area contributed by atoms with Gasteiger partial charge in [-0.15, -0.1) is 0 Å². The van der Waals surface area contributed by atoms with Gasteiger partial charge in [-0.05, 0) is 37.9 Å². The number of nitrogens with two attached hydrogens (primary N) is 1. The van der Waals surface area contributed by atoms with Gasteiger partial charge in [-0.25, -0.2) is 9.97 Å². The number of aromatic nitrogens is 5. The Hall–Kier alpha value is -1.41. The van der Waals surface area contributed by atoms with E-state index in [4.69, 9.17) is 5.73 Å². The average molecular weight is 358 g/mol. The summed E-state index contributed by atoms with van der Waals surface area (Å²) >= 11 is 6.66. The van der Waals surface area contributed by atoms with Crippen molar-refractivity contribution in [2.45, 2.75) is 0 Å². The number of imidazole rings is 2. The van der Waals surface area contributed by atoms with Crippen LogP contribution in [0.25, 0.3) is 22.4 Å². The minimum atomic E-state index is 0.361. The van der Waals surface area contributed by atoms with Crippen molar-refractivity contribution in [1.82, 2.24) is 24.9 Å². The van der Waals surface area contributed by atoms with Gasteiger partial charge in [0.15, 0.2) is 10.7 Å². The van der Waals surface area contributed by atoms with Crippen LogP contribution >= 0.6 is 31.9 Å². The molecule has 0 unspecified atom stereocenters. The summed E-state index contributed by atoms with van der Waals surface area (Å²) in [6, 6.07) is 1.82. The Morgan fingerprint density at radius 3 is 2.65 bits per heavy atom. The van der Waals surface area contributed by atoms with Gasteiger partial charge >= 0.3 is 0 Å². The zero-order chi connectivity index (χ0) is 12.0. The van der Waals surface area contributed by atoms with E-state index in [1.54, 1.807) is 6.20 Å². The lowest BCUT2D eigenvalue weighted by atomic mass is 10.2. The molecular weight excluding hydrogens is 352 g/mol. The molecule has 6 nitrogen and oxygen atoms in total. The maximum absolute atomic E-state index is 5.64. The first-order valence-corrected chi connectivity index (χ1v) is 6.25. The number of nitrogens with one attached hydrogen (secondary N) is 2. The Labute approximate surface area is 112 Å². The van der Waals surface area contributed by atoms with Crippen LogP contribution in [0.15, 0.2) is 21.6 Å². The minimum Gasteiger partial charge on any atom is -0.369 e. The summed E-state index contributed by atoms with van der Waals surface area (Å²) in [6.07, 6.45) is 1.68. The fourth-order valence-electron chi connectivity index (χ4n) is 1.61. The van der Waals surface area contributed by atoms with Crippen molar-refractivity contribution in [1.29, 1.82) is 0 Å². The first kappa shape index (κ1) is 10.7. The second-order valence-electron chi connectivity index (χ2n) is 3.37. The zero-order valence-corrected chi connectivity index (χ0v) is 11.5. The smallest absolute Gasteiger partial charge is 0.198 e. The van der Waals surface area contributed by atoms with Crippen LogP contribution in [0.5, 0.6) is 0 Å². The largest absolute Gasteiger partial charge is 0.369 e. The van der Waals surface area contributed by atoms with Crippen molar-refractivity contribution in [2.24, 2.45) is 0 Å². The summed E-state index contributed by atoms with van der Waals surface area (Å²) in [4.78, 5) is 18.7. The van der Waals surface area contributed by atoms with Gasteiger partial charge in [0.05, 0.1) is 5.52 Å². The number of H-pyrrole nitrogens is 2. The molecule has 0 aliphatic rings. The second-order valence-corrected chi connectivity index (χ2v) is 4.91. The summed E-state index contributed by atoms with van der Waals surface area (Å²) < 4.78 is 1.37. The predicted octanol–water partition coefficient (Wildman–Crippen LogP) is 2.46. The van der Waals surface area contributed by atoms with E-state index in [1.807, 2.05) is 6.07 Å².